The van der Waals surface area contributed by atoms with E-state index < -0.39 is 77.1 Å². The van der Waals surface area contributed by atoms with Gasteiger partial charge in [-0.05, 0) is 46.6 Å². The molecule has 3 amide bonds. The second-order valence-corrected chi connectivity index (χ2v) is 14.9. The maximum atomic E-state index is 13.6. The van der Waals surface area contributed by atoms with Crippen molar-refractivity contribution in [2.45, 2.75) is 83.9 Å². The highest BCUT2D eigenvalue weighted by Crippen LogP contribution is 2.52. The lowest BCUT2D eigenvalue weighted by Crippen LogP contribution is -2.80. The van der Waals surface area contributed by atoms with E-state index in [-0.39, 0.29) is 36.4 Å². The molecule has 18 heteroatoms. The van der Waals surface area contributed by atoms with E-state index in [0.29, 0.717) is 5.75 Å². The van der Waals surface area contributed by atoms with Crippen molar-refractivity contribution in [2.24, 2.45) is 17.0 Å². The van der Waals surface area contributed by atoms with Crippen molar-refractivity contribution in [3.05, 3.63) is 22.7 Å². The molecule has 48 heavy (non-hydrogen) atoms. The Morgan fingerprint density at radius 3 is 2.65 bits per heavy atom. The normalized spacial score (nSPS) is 24.9. The van der Waals surface area contributed by atoms with Crippen molar-refractivity contribution in [3.63, 3.8) is 0 Å². The third-order valence-electron chi connectivity index (χ3n) is 7.00. The monoisotopic (exact) mass is 711 g/mol. The van der Waals surface area contributed by atoms with Crippen LogP contribution >= 0.6 is 23.1 Å². The van der Waals surface area contributed by atoms with E-state index in [0.717, 1.165) is 16.9 Å². The zero-order valence-electron chi connectivity index (χ0n) is 27.8. The van der Waals surface area contributed by atoms with Gasteiger partial charge in [0.1, 0.15) is 29.3 Å². The fourth-order valence-corrected chi connectivity index (χ4v) is 7.18. The van der Waals surface area contributed by atoms with Crippen LogP contribution in [0.4, 0.5) is 9.93 Å². The number of ether oxygens (including phenoxy) is 4. The standard InChI is InChI=1S/C30H41N5O11S2/c1-15(2)8-9-42-26(40)30-17(10-19(36)45-30)13-47-25-22(24(39)35(25)30)32-23(38)21(34-44-12-20(37)43-11-16(3)4)18-14-48-27(31-18)33-28(41)46-29(5,6)7/h8,14,16-17,19,22,25,36H,9-13H2,1-7H3,(H,32,38)(H,31,33,41)/b34-21-/t17-,19?,22+,25+,30+/m0/s1. The molecule has 0 aliphatic carbocycles. The number of aliphatic hydroxyl groups excluding tert-OH is 1. The summed E-state index contributed by atoms with van der Waals surface area (Å²) >= 11 is 2.29. The van der Waals surface area contributed by atoms with Gasteiger partial charge in [-0.2, -0.15) is 0 Å². The number of oxime groups is 1. The Morgan fingerprint density at radius 2 is 1.98 bits per heavy atom. The summed E-state index contributed by atoms with van der Waals surface area (Å²) in [5.74, 6) is -3.15. The van der Waals surface area contributed by atoms with Gasteiger partial charge < -0.3 is 34.2 Å². The van der Waals surface area contributed by atoms with Gasteiger partial charge >= 0.3 is 18.0 Å². The average molecular weight is 712 g/mol. The number of fused-ring (bicyclic) bond motifs is 3. The van der Waals surface area contributed by atoms with Crippen LogP contribution in [0, 0.1) is 11.8 Å². The highest BCUT2D eigenvalue weighted by molar-refractivity contribution is 8.00. The van der Waals surface area contributed by atoms with Gasteiger partial charge in [-0.3, -0.25) is 19.8 Å². The van der Waals surface area contributed by atoms with Crippen molar-refractivity contribution in [3.8, 4) is 0 Å². The number of amides is 3. The molecule has 1 unspecified atom stereocenters. The van der Waals surface area contributed by atoms with Crippen molar-refractivity contribution in [1.82, 2.24) is 15.2 Å². The number of hydrogen-bond donors (Lipinski definition) is 3. The summed E-state index contributed by atoms with van der Waals surface area (Å²) in [6.45, 7) is 12.0. The lowest BCUT2D eigenvalue weighted by atomic mass is 9.89. The van der Waals surface area contributed by atoms with E-state index in [1.807, 2.05) is 27.7 Å². The van der Waals surface area contributed by atoms with Gasteiger partial charge in [0.25, 0.3) is 11.8 Å². The molecule has 3 saturated heterocycles. The van der Waals surface area contributed by atoms with Gasteiger partial charge in [-0.25, -0.2) is 19.4 Å². The Bertz CT molecular complexity index is 1470. The molecule has 3 fully saturated rings. The molecule has 0 spiro atoms. The zero-order valence-corrected chi connectivity index (χ0v) is 29.4. The third-order valence-corrected chi connectivity index (χ3v) is 9.17. The first-order chi connectivity index (χ1) is 22.5. The smallest absolute Gasteiger partial charge is 0.413 e. The first-order valence-electron chi connectivity index (χ1n) is 15.3. The Morgan fingerprint density at radius 1 is 1.25 bits per heavy atom. The number of anilines is 1. The highest BCUT2D eigenvalue weighted by Gasteiger charge is 2.71. The number of aromatic nitrogens is 1. The number of allylic oxidation sites excluding steroid dienone is 1. The molecule has 16 nitrogen and oxygen atoms in total. The molecule has 0 saturated carbocycles. The van der Waals surface area contributed by atoms with E-state index in [1.165, 1.54) is 22.0 Å². The van der Waals surface area contributed by atoms with Crippen molar-refractivity contribution >= 4 is 63.8 Å². The Kier molecular flexibility index (Phi) is 11.8. The van der Waals surface area contributed by atoms with Crippen molar-refractivity contribution in [1.29, 1.82) is 0 Å². The molecule has 4 rings (SSSR count). The SMILES string of the molecule is CC(C)=CCOC(=O)[C@]12OC(O)C[C@H]1CS[C@@H]1[C@H](NC(=O)/C(=N\OCC(=O)OCC(C)C)c3csc(NC(=O)OC(C)(C)C)n3)C(=O)N12. The summed E-state index contributed by atoms with van der Waals surface area (Å²) in [6, 6.07) is -1.12. The first-order valence-corrected chi connectivity index (χ1v) is 17.2. The number of hydrogen-bond acceptors (Lipinski definition) is 15. The quantitative estimate of drug-likeness (QED) is 0.0713. The van der Waals surface area contributed by atoms with Crippen LogP contribution in [-0.4, -0.2) is 105 Å². The maximum absolute atomic E-state index is 13.6. The van der Waals surface area contributed by atoms with Gasteiger partial charge in [0.05, 0.1) is 6.61 Å². The summed E-state index contributed by atoms with van der Waals surface area (Å²) < 4.78 is 21.5. The number of nitrogens with zero attached hydrogens (tertiary/aromatic N) is 3. The highest BCUT2D eigenvalue weighted by atomic mass is 32.2. The predicted octanol–water partition coefficient (Wildman–Crippen LogP) is 2.37. The van der Waals surface area contributed by atoms with Gasteiger partial charge in [0, 0.05) is 23.5 Å². The summed E-state index contributed by atoms with van der Waals surface area (Å²) in [7, 11) is 0. The first kappa shape index (κ1) is 37.1. The van der Waals surface area contributed by atoms with Crippen LogP contribution in [0.15, 0.2) is 22.2 Å². The number of esters is 2. The Balaban J connectivity index is 1.52. The maximum Gasteiger partial charge on any atom is 0.413 e. The fourth-order valence-electron chi connectivity index (χ4n) is 4.92. The van der Waals surface area contributed by atoms with Gasteiger partial charge in [-0.15, -0.1) is 23.1 Å². The molecule has 264 valence electrons. The van der Waals surface area contributed by atoms with E-state index >= 15 is 0 Å². The van der Waals surface area contributed by atoms with Gasteiger partial charge in [-0.1, -0.05) is 24.6 Å². The van der Waals surface area contributed by atoms with E-state index in [4.69, 9.17) is 23.8 Å². The summed E-state index contributed by atoms with van der Waals surface area (Å²) in [5.41, 5.74) is -2.12. The average Bonchev–Trinajstić information content (AvgIpc) is 3.58. The second-order valence-electron chi connectivity index (χ2n) is 12.9. The molecular weight excluding hydrogens is 670 g/mol. The molecule has 0 radical (unpaired) electrons. The summed E-state index contributed by atoms with van der Waals surface area (Å²) in [6.07, 6.45) is -0.237. The number of thiazole rings is 1. The topological polar surface area (TPSA) is 204 Å². The fraction of sp³-hybridized carbons (Fsp3) is 0.633. The van der Waals surface area contributed by atoms with Gasteiger partial charge in [0.15, 0.2) is 17.1 Å². The minimum atomic E-state index is -1.85. The van der Waals surface area contributed by atoms with E-state index in [1.54, 1.807) is 26.8 Å². The number of β-lactam (4-membered cyclic amide) rings is 1. The number of aliphatic hydroxyl groups is 1. The molecule has 0 aromatic carbocycles. The van der Waals surface area contributed by atoms with E-state index in [2.05, 4.69) is 20.8 Å². The Hall–Kier alpha value is -3.74. The minimum absolute atomic E-state index is 0.0272. The minimum Gasteiger partial charge on any atom is -0.463 e. The molecule has 4 heterocycles. The molecule has 3 N–H and O–H groups in total. The van der Waals surface area contributed by atoms with Crippen LogP contribution in [-0.2, 0) is 43.0 Å². The van der Waals surface area contributed by atoms with Gasteiger partial charge in [0.2, 0.25) is 12.3 Å². The molecule has 3 aliphatic rings. The van der Waals surface area contributed by atoms with Crippen LogP contribution < -0.4 is 10.6 Å². The number of thioether (sulfide) groups is 1. The number of carbonyl (C=O) groups is 5. The van der Waals surface area contributed by atoms with Crippen LogP contribution in [0.5, 0.6) is 0 Å². The third kappa shape index (κ3) is 8.64. The lowest BCUT2D eigenvalue weighted by molar-refractivity contribution is -0.242. The Labute approximate surface area is 285 Å². The molecular formula is C30H41N5O11S2. The summed E-state index contributed by atoms with van der Waals surface area (Å²) in [4.78, 5) is 75.6. The number of nitrogens with one attached hydrogen (secondary N) is 2. The molecule has 1 aromatic rings. The lowest BCUT2D eigenvalue weighted by Gasteiger charge is -2.57. The molecule has 5 atom stereocenters. The molecule has 0 bridgehead atoms. The summed E-state index contributed by atoms with van der Waals surface area (Å²) in [5, 5.41) is 20.1. The predicted molar refractivity (Wildman–Crippen MR) is 174 cm³/mol. The molecule has 3 aliphatic heterocycles. The molecule has 1 aromatic heterocycles. The van der Waals surface area contributed by atoms with Crippen LogP contribution in [0.25, 0.3) is 0 Å². The van der Waals surface area contributed by atoms with Crippen LogP contribution in [0.1, 0.15) is 60.6 Å². The van der Waals surface area contributed by atoms with Crippen LogP contribution in [0.3, 0.4) is 0 Å². The largest absolute Gasteiger partial charge is 0.463 e. The second kappa shape index (κ2) is 15.2. The van der Waals surface area contributed by atoms with E-state index in [9.17, 15) is 29.1 Å². The number of rotatable bonds is 12. The van der Waals surface area contributed by atoms with Crippen molar-refractivity contribution in [2.75, 3.05) is 30.9 Å². The van der Waals surface area contributed by atoms with Crippen LogP contribution in [0.2, 0.25) is 0 Å². The van der Waals surface area contributed by atoms with Crippen molar-refractivity contribution < 1.29 is 52.9 Å². The number of carbonyl (C=O) groups excluding carboxylic acids is 5. The zero-order chi connectivity index (χ0) is 35.4.